The SMILES string of the molecule is CN(C)S(=O)(=O)c1ccc(-c2ccc(N)nc2C(=O)O)cc1. The number of rotatable bonds is 4. The lowest BCUT2D eigenvalue weighted by atomic mass is 10.0. The van der Waals surface area contributed by atoms with Crippen molar-refractivity contribution < 1.29 is 18.3 Å². The summed E-state index contributed by atoms with van der Waals surface area (Å²) in [7, 11) is -0.647. The van der Waals surface area contributed by atoms with Crippen molar-refractivity contribution >= 4 is 21.8 Å². The number of carbonyl (C=O) groups is 1. The topological polar surface area (TPSA) is 114 Å². The number of anilines is 1. The Morgan fingerprint density at radius 3 is 2.23 bits per heavy atom. The van der Waals surface area contributed by atoms with E-state index in [1.807, 2.05) is 0 Å². The van der Waals surface area contributed by atoms with Gasteiger partial charge >= 0.3 is 5.97 Å². The van der Waals surface area contributed by atoms with Gasteiger partial charge in [-0.25, -0.2) is 22.5 Å². The average molecular weight is 321 g/mol. The van der Waals surface area contributed by atoms with E-state index in [9.17, 15) is 18.3 Å². The molecule has 2 aromatic rings. The van der Waals surface area contributed by atoms with Crippen LogP contribution >= 0.6 is 0 Å². The number of nitrogens with zero attached hydrogens (tertiary/aromatic N) is 2. The zero-order valence-electron chi connectivity index (χ0n) is 12.0. The van der Waals surface area contributed by atoms with Gasteiger partial charge in [0, 0.05) is 19.7 Å². The van der Waals surface area contributed by atoms with Gasteiger partial charge < -0.3 is 10.8 Å². The number of hydrogen-bond acceptors (Lipinski definition) is 5. The van der Waals surface area contributed by atoms with E-state index in [0.29, 0.717) is 11.1 Å². The van der Waals surface area contributed by atoms with Gasteiger partial charge in [-0.2, -0.15) is 0 Å². The van der Waals surface area contributed by atoms with E-state index >= 15 is 0 Å². The Morgan fingerprint density at radius 2 is 1.73 bits per heavy atom. The molecule has 0 fully saturated rings. The largest absolute Gasteiger partial charge is 0.476 e. The van der Waals surface area contributed by atoms with Crippen molar-refractivity contribution in [1.82, 2.24) is 9.29 Å². The molecule has 1 heterocycles. The predicted octanol–water partition coefficient (Wildman–Crippen LogP) is 1.28. The van der Waals surface area contributed by atoms with E-state index in [0.717, 1.165) is 4.31 Å². The van der Waals surface area contributed by atoms with Crippen LogP contribution in [0.25, 0.3) is 11.1 Å². The standard InChI is InChI=1S/C14H15N3O4S/c1-17(2)22(20,21)10-5-3-9(4-6-10)11-7-8-12(15)16-13(11)14(18)19/h3-8H,1-2H3,(H2,15,16)(H,18,19). The Bertz CT molecular complexity index is 814. The first-order valence-corrected chi connectivity index (χ1v) is 7.70. The van der Waals surface area contributed by atoms with E-state index in [1.165, 1.54) is 44.4 Å². The molecule has 0 aliphatic carbocycles. The molecule has 0 spiro atoms. The van der Waals surface area contributed by atoms with Gasteiger partial charge in [-0.3, -0.25) is 0 Å². The number of nitrogen functional groups attached to an aromatic ring is 1. The maximum Gasteiger partial charge on any atom is 0.355 e. The Hall–Kier alpha value is -2.45. The first-order chi connectivity index (χ1) is 10.2. The fourth-order valence-corrected chi connectivity index (χ4v) is 2.79. The summed E-state index contributed by atoms with van der Waals surface area (Å²) in [5.41, 5.74) is 6.24. The maximum absolute atomic E-state index is 12.0. The van der Waals surface area contributed by atoms with Crippen LogP contribution in [0.15, 0.2) is 41.3 Å². The molecule has 0 saturated carbocycles. The molecule has 1 aromatic carbocycles. The van der Waals surface area contributed by atoms with Gasteiger partial charge in [0.25, 0.3) is 0 Å². The van der Waals surface area contributed by atoms with Crippen LogP contribution in [0, 0.1) is 0 Å². The fraction of sp³-hybridized carbons (Fsp3) is 0.143. The molecular formula is C14H15N3O4S. The van der Waals surface area contributed by atoms with Crippen LogP contribution in [0.4, 0.5) is 5.82 Å². The fourth-order valence-electron chi connectivity index (χ4n) is 1.89. The molecular weight excluding hydrogens is 306 g/mol. The molecule has 0 bridgehead atoms. The minimum absolute atomic E-state index is 0.105. The molecule has 1 aromatic heterocycles. The van der Waals surface area contributed by atoms with Crippen LogP contribution < -0.4 is 5.73 Å². The minimum Gasteiger partial charge on any atom is -0.476 e. The molecule has 2 rings (SSSR count). The predicted molar refractivity (Wildman–Crippen MR) is 81.9 cm³/mol. The van der Waals surface area contributed by atoms with Crippen LogP contribution in [0.2, 0.25) is 0 Å². The van der Waals surface area contributed by atoms with Crippen LogP contribution in [-0.2, 0) is 10.0 Å². The summed E-state index contributed by atoms with van der Waals surface area (Å²) in [4.78, 5) is 15.2. The third-order valence-corrected chi connectivity index (χ3v) is 4.89. The molecule has 0 radical (unpaired) electrons. The monoisotopic (exact) mass is 321 g/mol. The van der Waals surface area contributed by atoms with Crippen LogP contribution in [0.1, 0.15) is 10.5 Å². The molecule has 0 aliphatic heterocycles. The van der Waals surface area contributed by atoms with Crippen LogP contribution in [0.5, 0.6) is 0 Å². The van der Waals surface area contributed by atoms with Crippen molar-refractivity contribution in [2.24, 2.45) is 0 Å². The number of aromatic nitrogens is 1. The number of benzene rings is 1. The van der Waals surface area contributed by atoms with E-state index in [-0.39, 0.29) is 16.4 Å². The molecule has 0 aliphatic rings. The van der Waals surface area contributed by atoms with E-state index in [2.05, 4.69) is 4.98 Å². The third kappa shape index (κ3) is 2.92. The summed E-state index contributed by atoms with van der Waals surface area (Å²) in [5, 5.41) is 9.19. The summed E-state index contributed by atoms with van der Waals surface area (Å²) in [5.74, 6) is -1.10. The highest BCUT2D eigenvalue weighted by Gasteiger charge is 2.18. The second-order valence-electron chi connectivity index (χ2n) is 4.75. The number of carboxylic acids is 1. The Morgan fingerprint density at radius 1 is 1.14 bits per heavy atom. The Balaban J connectivity index is 2.51. The molecule has 0 unspecified atom stereocenters. The first kappa shape index (κ1) is 15.9. The summed E-state index contributed by atoms with van der Waals surface area (Å²) in [6.07, 6.45) is 0. The first-order valence-electron chi connectivity index (χ1n) is 6.26. The van der Waals surface area contributed by atoms with Crippen molar-refractivity contribution in [3.05, 3.63) is 42.1 Å². The molecule has 0 atom stereocenters. The normalized spacial score (nSPS) is 11.6. The van der Waals surface area contributed by atoms with Gasteiger partial charge in [0.1, 0.15) is 5.82 Å². The third-order valence-electron chi connectivity index (χ3n) is 3.06. The van der Waals surface area contributed by atoms with Crippen molar-refractivity contribution in [3.63, 3.8) is 0 Å². The van der Waals surface area contributed by atoms with Crippen LogP contribution in [0.3, 0.4) is 0 Å². The number of sulfonamides is 1. The van der Waals surface area contributed by atoms with Crippen molar-refractivity contribution in [2.45, 2.75) is 4.90 Å². The summed E-state index contributed by atoms with van der Waals surface area (Å²) in [6.45, 7) is 0. The van der Waals surface area contributed by atoms with E-state index < -0.39 is 16.0 Å². The summed E-state index contributed by atoms with van der Waals surface area (Å²) >= 11 is 0. The lowest BCUT2D eigenvalue weighted by Gasteiger charge is -2.12. The summed E-state index contributed by atoms with van der Waals surface area (Å²) in [6, 6.07) is 8.96. The second kappa shape index (κ2) is 5.74. The van der Waals surface area contributed by atoms with Crippen LogP contribution in [-0.4, -0.2) is 42.9 Å². The molecule has 3 N–H and O–H groups in total. The minimum atomic E-state index is -3.53. The van der Waals surface area contributed by atoms with E-state index in [1.54, 1.807) is 6.07 Å². The highest BCUT2D eigenvalue weighted by molar-refractivity contribution is 7.89. The number of aromatic carboxylic acids is 1. The molecule has 116 valence electrons. The lowest BCUT2D eigenvalue weighted by Crippen LogP contribution is -2.22. The Labute approximate surface area is 128 Å². The average Bonchev–Trinajstić information content (AvgIpc) is 2.47. The van der Waals surface area contributed by atoms with Gasteiger partial charge in [0.2, 0.25) is 10.0 Å². The molecule has 22 heavy (non-hydrogen) atoms. The molecule has 8 heteroatoms. The number of hydrogen-bond donors (Lipinski definition) is 2. The van der Waals surface area contributed by atoms with E-state index in [4.69, 9.17) is 5.73 Å². The van der Waals surface area contributed by atoms with Gasteiger partial charge in [-0.1, -0.05) is 12.1 Å². The van der Waals surface area contributed by atoms with Crippen molar-refractivity contribution in [2.75, 3.05) is 19.8 Å². The number of carboxylic acid groups (broad SMARTS) is 1. The van der Waals surface area contributed by atoms with Crippen molar-refractivity contribution in [3.8, 4) is 11.1 Å². The van der Waals surface area contributed by atoms with Gasteiger partial charge in [0.05, 0.1) is 4.90 Å². The van der Waals surface area contributed by atoms with Gasteiger partial charge in [-0.15, -0.1) is 0 Å². The van der Waals surface area contributed by atoms with Gasteiger partial charge in [-0.05, 0) is 29.8 Å². The smallest absolute Gasteiger partial charge is 0.355 e. The van der Waals surface area contributed by atoms with Gasteiger partial charge in [0.15, 0.2) is 5.69 Å². The Kier molecular flexibility index (Phi) is 4.16. The molecule has 7 nitrogen and oxygen atoms in total. The lowest BCUT2D eigenvalue weighted by molar-refractivity contribution is 0.0691. The number of nitrogens with two attached hydrogens (primary N) is 1. The zero-order valence-corrected chi connectivity index (χ0v) is 12.8. The van der Waals surface area contributed by atoms with Crippen molar-refractivity contribution in [1.29, 1.82) is 0 Å². The molecule has 0 amide bonds. The highest BCUT2D eigenvalue weighted by atomic mass is 32.2. The quantitative estimate of drug-likeness (QED) is 0.877. The highest BCUT2D eigenvalue weighted by Crippen LogP contribution is 2.25. The number of pyridine rings is 1. The second-order valence-corrected chi connectivity index (χ2v) is 6.90. The maximum atomic E-state index is 12.0. The molecule has 0 saturated heterocycles. The zero-order chi connectivity index (χ0) is 16.5. The summed E-state index contributed by atoms with van der Waals surface area (Å²) < 4.78 is 25.1.